The third kappa shape index (κ3) is 2.78. The summed E-state index contributed by atoms with van der Waals surface area (Å²) in [7, 11) is 1.58. The largest absolute Gasteiger partial charge is 0.496 e. The van der Waals surface area contributed by atoms with Crippen molar-refractivity contribution in [2.45, 2.75) is 20.0 Å². The number of benzene rings is 1. The number of hydrogen-bond acceptors (Lipinski definition) is 4. The Balaban J connectivity index is 2.61. The van der Waals surface area contributed by atoms with Crippen molar-refractivity contribution in [3.63, 3.8) is 0 Å². The summed E-state index contributed by atoms with van der Waals surface area (Å²) in [6, 6.07) is 5.64. The van der Waals surface area contributed by atoms with Gasteiger partial charge in [0.15, 0.2) is 0 Å². The Kier molecular flexibility index (Phi) is 3.90. The summed E-state index contributed by atoms with van der Waals surface area (Å²) in [5.41, 5.74) is 1.66. The van der Waals surface area contributed by atoms with Gasteiger partial charge in [0.25, 0.3) is 0 Å². The SMILES string of the molecule is COc1cccc2c1/C(OC(C)=O)=C\C=C/O[C@H]2C. The predicted molar refractivity (Wildman–Crippen MR) is 71.4 cm³/mol. The molecule has 4 nitrogen and oxygen atoms in total. The smallest absolute Gasteiger partial charge is 0.308 e. The molecular weight excluding hydrogens is 244 g/mol. The van der Waals surface area contributed by atoms with Gasteiger partial charge in [-0.05, 0) is 25.1 Å². The Morgan fingerprint density at radius 3 is 2.84 bits per heavy atom. The second-order valence-electron chi connectivity index (χ2n) is 4.16. The maximum Gasteiger partial charge on any atom is 0.308 e. The molecule has 0 bridgehead atoms. The quantitative estimate of drug-likeness (QED) is 0.766. The van der Waals surface area contributed by atoms with Crippen molar-refractivity contribution in [3.05, 3.63) is 47.7 Å². The van der Waals surface area contributed by atoms with Crippen molar-refractivity contribution in [3.8, 4) is 5.75 Å². The molecule has 1 heterocycles. The minimum absolute atomic E-state index is 0.152. The Labute approximate surface area is 112 Å². The highest BCUT2D eigenvalue weighted by molar-refractivity contribution is 5.80. The van der Waals surface area contributed by atoms with Crippen molar-refractivity contribution in [1.82, 2.24) is 0 Å². The molecule has 1 aromatic carbocycles. The number of ether oxygens (including phenoxy) is 3. The number of allylic oxidation sites excluding steroid dienone is 2. The Morgan fingerprint density at radius 1 is 1.37 bits per heavy atom. The number of rotatable bonds is 2. The van der Waals surface area contributed by atoms with Crippen molar-refractivity contribution in [2.75, 3.05) is 7.11 Å². The molecule has 4 heteroatoms. The summed E-state index contributed by atoms with van der Waals surface area (Å²) in [5, 5.41) is 0. The van der Waals surface area contributed by atoms with Gasteiger partial charge in [0, 0.05) is 12.5 Å². The van der Waals surface area contributed by atoms with Gasteiger partial charge < -0.3 is 14.2 Å². The Hall–Kier alpha value is -2.23. The Morgan fingerprint density at radius 2 is 2.16 bits per heavy atom. The summed E-state index contributed by atoms with van der Waals surface area (Å²) in [6.45, 7) is 3.30. The molecule has 1 aliphatic rings. The fraction of sp³-hybridized carbons (Fsp3) is 0.267. The lowest BCUT2D eigenvalue weighted by molar-refractivity contribution is -0.134. The van der Waals surface area contributed by atoms with Gasteiger partial charge in [-0.25, -0.2) is 0 Å². The van der Waals surface area contributed by atoms with Crippen LogP contribution in [-0.4, -0.2) is 13.1 Å². The molecular formula is C15H16O4. The monoisotopic (exact) mass is 260 g/mol. The fourth-order valence-electron chi connectivity index (χ4n) is 2.01. The average Bonchev–Trinajstić information content (AvgIpc) is 2.39. The molecule has 1 atom stereocenters. The molecule has 0 fully saturated rings. The first-order valence-electron chi connectivity index (χ1n) is 6.01. The molecule has 1 aromatic rings. The van der Waals surface area contributed by atoms with Crippen LogP contribution >= 0.6 is 0 Å². The first-order valence-corrected chi connectivity index (χ1v) is 6.01. The third-order valence-corrected chi connectivity index (χ3v) is 2.83. The van der Waals surface area contributed by atoms with E-state index < -0.39 is 0 Å². The second-order valence-corrected chi connectivity index (χ2v) is 4.16. The zero-order chi connectivity index (χ0) is 13.8. The molecule has 0 aromatic heterocycles. The minimum Gasteiger partial charge on any atom is -0.496 e. The van der Waals surface area contributed by atoms with Gasteiger partial charge in [-0.15, -0.1) is 0 Å². The highest BCUT2D eigenvalue weighted by atomic mass is 16.5. The van der Waals surface area contributed by atoms with Crippen LogP contribution in [0.25, 0.3) is 5.76 Å². The maximum absolute atomic E-state index is 11.2. The van der Waals surface area contributed by atoms with Crippen molar-refractivity contribution in [2.24, 2.45) is 0 Å². The molecule has 2 rings (SSSR count). The summed E-state index contributed by atoms with van der Waals surface area (Å²) >= 11 is 0. The summed E-state index contributed by atoms with van der Waals surface area (Å²) in [6.07, 6.45) is 4.82. The zero-order valence-corrected chi connectivity index (χ0v) is 11.2. The van der Waals surface area contributed by atoms with E-state index in [4.69, 9.17) is 14.2 Å². The van der Waals surface area contributed by atoms with E-state index in [0.717, 1.165) is 11.1 Å². The summed E-state index contributed by atoms with van der Waals surface area (Å²) < 4.78 is 16.2. The van der Waals surface area contributed by atoms with E-state index in [9.17, 15) is 4.79 Å². The van der Waals surface area contributed by atoms with Crippen molar-refractivity contribution in [1.29, 1.82) is 0 Å². The van der Waals surface area contributed by atoms with Gasteiger partial charge in [-0.3, -0.25) is 4.79 Å². The molecule has 0 N–H and O–H groups in total. The molecule has 1 aliphatic heterocycles. The molecule has 0 spiro atoms. The normalized spacial score (nSPS) is 21.8. The van der Waals surface area contributed by atoms with E-state index in [-0.39, 0.29) is 12.1 Å². The van der Waals surface area contributed by atoms with Crippen LogP contribution in [0.5, 0.6) is 5.75 Å². The fourth-order valence-corrected chi connectivity index (χ4v) is 2.01. The number of hydrogen-bond donors (Lipinski definition) is 0. The van der Waals surface area contributed by atoms with Gasteiger partial charge >= 0.3 is 5.97 Å². The molecule has 0 amide bonds. The topological polar surface area (TPSA) is 44.8 Å². The van der Waals surface area contributed by atoms with E-state index >= 15 is 0 Å². The van der Waals surface area contributed by atoms with Gasteiger partial charge in [0.1, 0.15) is 17.6 Å². The van der Waals surface area contributed by atoms with Crippen molar-refractivity contribution >= 4 is 11.7 Å². The van der Waals surface area contributed by atoms with Gasteiger partial charge in [-0.2, -0.15) is 0 Å². The van der Waals surface area contributed by atoms with Crippen LogP contribution in [0.4, 0.5) is 0 Å². The standard InChI is InChI=1S/C15H16O4/c1-10-12-6-4-7-13(17-3)15(12)14(19-11(2)16)8-5-9-18-10/h4-10H,1-3H3/b9-5-,14-8+/t10-/m0/s1. The third-order valence-electron chi connectivity index (χ3n) is 2.83. The van der Waals surface area contributed by atoms with Crippen LogP contribution in [-0.2, 0) is 14.3 Å². The van der Waals surface area contributed by atoms with Crippen molar-refractivity contribution < 1.29 is 19.0 Å². The van der Waals surface area contributed by atoms with Crippen LogP contribution in [0.2, 0.25) is 0 Å². The number of carbonyl (C=O) groups excluding carboxylic acids is 1. The summed E-state index contributed by atoms with van der Waals surface area (Å²) in [4.78, 5) is 11.2. The van der Waals surface area contributed by atoms with Crippen LogP contribution in [0.1, 0.15) is 31.1 Å². The van der Waals surface area contributed by atoms with Crippen LogP contribution in [0.3, 0.4) is 0 Å². The number of carbonyl (C=O) groups is 1. The maximum atomic E-state index is 11.2. The molecule has 0 radical (unpaired) electrons. The average molecular weight is 260 g/mol. The Bertz CT molecular complexity index is 543. The molecule has 0 aliphatic carbocycles. The lowest BCUT2D eigenvalue weighted by Crippen LogP contribution is -2.08. The number of methoxy groups -OCH3 is 1. The molecule has 0 unspecified atom stereocenters. The van der Waals surface area contributed by atoms with E-state index in [1.54, 1.807) is 25.5 Å². The molecule has 19 heavy (non-hydrogen) atoms. The van der Waals surface area contributed by atoms with Gasteiger partial charge in [0.05, 0.1) is 18.9 Å². The molecule has 100 valence electrons. The predicted octanol–water partition coefficient (Wildman–Crippen LogP) is 3.20. The second kappa shape index (κ2) is 5.61. The minimum atomic E-state index is -0.370. The number of fused-ring (bicyclic) bond motifs is 1. The van der Waals surface area contributed by atoms with Crippen LogP contribution in [0, 0.1) is 0 Å². The van der Waals surface area contributed by atoms with Gasteiger partial charge in [0.2, 0.25) is 0 Å². The summed E-state index contributed by atoms with van der Waals surface area (Å²) in [5.74, 6) is 0.743. The lowest BCUT2D eigenvalue weighted by Gasteiger charge is -2.21. The van der Waals surface area contributed by atoms with Crippen LogP contribution < -0.4 is 4.74 Å². The first-order chi connectivity index (χ1) is 9.13. The highest BCUT2D eigenvalue weighted by Crippen LogP contribution is 2.36. The number of esters is 1. The van der Waals surface area contributed by atoms with E-state index in [1.165, 1.54) is 6.92 Å². The first kappa shape index (κ1) is 13.2. The zero-order valence-electron chi connectivity index (χ0n) is 11.2. The molecule has 0 saturated heterocycles. The lowest BCUT2D eigenvalue weighted by atomic mass is 9.99. The van der Waals surface area contributed by atoms with E-state index in [1.807, 2.05) is 25.1 Å². The van der Waals surface area contributed by atoms with Crippen LogP contribution in [0.15, 0.2) is 36.6 Å². The van der Waals surface area contributed by atoms with Gasteiger partial charge in [-0.1, -0.05) is 12.1 Å². The van der Waals surface area contributed by atoms with E-state index in [0.29, 0.717) is 11.5 Å². The van der Waals surface area contributed by atoms with E-state index in [2.05, 4.69) is 0 Å². The molecule has 0 saturated carbocycles. The highest BCUT2D eigenvalue weighted by Gasteiger charge is 2.21.